The van der Waals surface area contributed by atoms with Gasteiger partial charge in [-0.15, -0.1) is 35.3 Å². The molecule has 2 aromatic rings. The second-order valence-electron chi connectivity index (χ2n) is 5.89. The Morgan fingerprint density at radius 1 is 1.27 bits per heavy atom. The molecule has 0 amide bonds. The van der Waals surface area contributed by atoms with E-state index >= 15 is 0 Å². The molecule has 0 atom stereocenters. The van der Waals surface area contributed by atoms with Crippen LogP contribution < -0.4 is 5.32 Å². The number of benzene rings is 1. The number of nitrogens with one attached hydrogen (secondary N) is 1. The summed E-state index contributed by atoms with van der Waals surface area (Å²) in [6.45, 7) is 5.16. The summed E-state index contributed by atoms with van der Waals surface area (Å²) in [6, 6.07) is 10.4. The van der Waals surface area contributed by atoms with Crippen molar-refractivity contribution in [2.45, 2.75) is 26.3 Å². The summed E-state index contributed by atoms with van der Waals surface area (Å²) in [5.41, 5.74) is 2.40. The van der Waals surface area contributed by atoms with Gasteiger partial charge in [0.15, 0.2) is 5.96 Å². The second-order valence-corrected chi connectivity index (χ2v) is 6.95. The number of nitrogens with zero attached hydrogens (tertiary/aromatic N) is 3. The first-order chi connectivity index (χ1) is 12.2. The fourth-order valence-electron chi connectivity index (χ4n) is 2.49. The molecule has 7 heteroatoms. The summed E-state index contributed by atoms with van der Waals surface area (Å²) in [5, 5.41) is 6.57. The molecule has 0 fully saturated rings. The van der Waals surface area contributed by atoms with Gasteiger partial charge >= 0.3 is 0 Å². The third-order valence-electron chi connectivity index (χ3n) is 3.77. The quantitative estimate of drug-likeness (QED) is 0.253. The van der Waals surface area contributed by atoms with Crippen molar-refractivity contribution in [3.8, 4) is 0 Å². The van der Waals surface area contributed by atoms with E-state index in [9.17, 15) is 0 Å². The zero-order valence-electron chi connectivity index (χ0n) is 15.8. The van der Waals surface area contributed by atoms with Gasteiger partial charge in [-0.25, -0.2) is 4.98 Å². The highest BCUT2D eigenvalue weighted by Gasteiger charge is 2.08. The maximum absolute atomic E-state index is 5.71. The van der Waals surface area contributed by atoms with Gasteiger partial charge in [0.05, 0.1) is 23.9 Å². The van der Waals surface area contributed by atoms with Gasteiger partial charge in [-0.05, 0) is 25.3 Å². The van der Waals surface area contributed by atoms with Crippen LogP contribution in [0.15, 0.2) is 40.7 Å². The Hall–Kier alpha value is -1.19. The normalized spacial score (nSPS) is 11.1. The zero-order valence-corrected chi connectivity index (χ0v) is 18.9. The largest absolute Gasteiger partial charge is 0.381 e. The highest BCUT2D eigenvalue weighted by atomic mass is 127. The fourth-order valence-corrected chi connectivity index (χ4v) is 3.10. The van der Waals surface area contributed by atoms with Crippen LogP contribution in [0.3, 0.4) is 0 Å². The number of thiazole rings is 1. The lowest BCUT2D eigenvalue weighted by molar-refractivity contribution is 0.135. The minimum atomic E-state index is 0. The van der Waals surface area contributed by atoms with E-state index in [-0.39, 0.29) is 24.0 Å². The van der Waals surface area contributed by atoms with Crippen LogP contribution in [-0.4, -0.2) is 49.7 Å². The molecule has 1 aromatic carbocycles. The molecule has 0 saturated heterocycles. The van der Waals surface area contributed by atoms with Crippen LogP contribution in [0.1, 0.15) is 22.7 Å². The monoisotopic (exact) mass is 488 g/mol. The molecule has 0 aliphatic rings. The molecule has 0 aliphatic carbocycles. The maximum atomic E-state index is 5.71. The number of aliphatic imine (C=N–C) groups is 1. The molecule has 0 saturated carbocycles. The lowest BCUT2D eigenvalue weighted by Gasteiger charge is -2.21. The Labute approximate surface area is 177 Å². The Morgan fingerprint density at radius 3 is 2.69 bits per heavy atom. The van der Waals surface area contributed by atoms with Gasteiger partial charge in [-0.3, -0.25) is 4.99 Å². The minimum Gasteiger partial charge on any atom is -0.381 e. The highest BCUT2D eigenvalue weighted by Crippen LogP contribution is 2.09. The molecule has 0 radical (unpaired) electrons. The fraction of sp³-hybridized carbons (Fsp3) is 0.474. The molecule has 2 rings (SSSR count). The van der Waals surface area contributed by atoms with E-state index in [2.05, 4.69) is 49.8 Å². The summed E-state index contributed by atoms with van der Waals surface area (Å²) in [5.74, 6) is 0.884. The average Bonchev–Trinajstić information content (AvgIpc) is 3.03. The standard InChI is InChI=1S/C19H28N4OS.HI/c1-16-22-18(15-25-16)14-23(3)19(20-2)21-11-7-12-24-13-10-17-8-5-4-6-9-17;/h4-6,8-9,15H,7,10-14H2,1-3H3,(H,20,21);1H. The Bertz CT molecular complexity index is 648. The van der Waals surface area contributed by atoms with Crippen molar-refractivity contribution in [2.24, 2.45) is 4.99 Å². The van der Waals surface area contributed by atoms with Crippen molar-refractivity contribution in [3.05, 3.63) is 52.0 Å². The molecular formula is C19H29IN4OS. The molecule has 1 heterocycles. The first kappa shape index (κ1) is 22.9. The van der Waals surface area contributed by atoms with Gasteiger partial charge in [0.2, 0.25) is 0 Å². The number of rotatable bonds is 9. The SMILES string of the molecule is CN=C(NCCCOCCc1ccccc1)N(C)Cc1csc(C)n1.I. The first-order valence-corrected chi connectivity index (χ1v) is 9.51. The molecule has 5 nitrogen and oxygen atoms in total. The summed E-state index contributed by atoms with van der Waals surface area (Å²) in [4.78, 5) is 10.9. The van der Waals surface area contributed by atoms with E-state index in [4.69, 9.17) is 4.74 Å². The van der Waals surface area contributed by atoms with Gasteiger partial charge < -0.3 is 15.0 Å². The number of aryl methyl sites for hydroxylation is 1. The van der Waals surface area contributed by atoms with Crippen LogP contribution in [0.25, 0.3) is 0 Å². The van der Waals surface area contributed by atoms with Crippen molar-refractivity contribution >= 4 is 41.3 Å². The van der Waals surface area contributed by atoms with Gasteiger partial charge in [0.25, 0.3) is 0 Å². The zero-order chi connectivity index (χ0) is 17.9. The predicted octanol–water partition coefficient (Wildman–Crippen LogP) is 3.73. The summed E-state index contributed by atoms with van der Waals surface area (Å²) in [6.07, 6.45) is 1.92. The van der Waals surface area contributed by atoms with Crippen molar-refractivity contribution in [1.82, 2.24) is 15.2 Å². The Balaban J connectivity index is 0.00000338. The average molecular weight is 488 g/mol. The lowest BCUT2D eigenvalue weighted by atomic mass is 10.2. The molecule has 0 spiro atoms. The molecule has 1 N–H and O–H groups in total. The van der Waals surface area contributed by atoms with E-state index in [1.807, 2.05) is 27.1 Å². The third-order valence-corrected chi connectivity index (χ3v) is 4.59. The van der Waals surface area contributed by atoms with Gasteiger partial charge in [0.1, 0.15) is 0 Å². The lowest BCUT2D eigenvalue weighted by Crippen LogP contribution is -2.39. The van der Waals surface area contributed by atoms with Crippen LogP contribution in [0.2, 0.25) is 0 Å². The van der Waals surface area contributed by atoms with E-state index in [1.54, 1.807) is 11.3 Å². The van der Waals surface area contributed by atoms with Gasteiger partial charge in [-0.2, -0.15) is 0 Å². The molecule has 0 bridgehead atoms. The molecule has 26 heavy (non-hydrogen) atoms. The smallest absolute Gasteiger partial charge is 0.193 e. The summed E-state index contributed by atoms with van der Waals surface area (Å²) >= 11 is 1.68. The first-order valence-electron chi connectivity index (χ1n) is 8.63. The van der Waals surface area contributed by atoms with Gasteiger partial charge in [0, 0.05) is 32.6 Å². The third kappa shape index (κ3) is 8.46. The van der Waals surface area contributed by atoms with Crippen LogP contribution in [0.5, 0.6) is 0 Å². The van der Waals surface area contributed by atoms with E-state index in [0.29, 0.717) is 0 Å². The topological polar surface area (TPSA) is 49.8 Å². The molecule has 1 aromatic heterocycles. The van der Waals surface area contributed by atoms with Crippen LogP contribution in [0, 0.1) is 6.92 Å². The van der Waals surface area contributed by atoms with Crippen molar-refractivity contribution < 1.29 is 4.74 Å². The van der Waals surface area contributed by atoms with Crippen LogP contribution >= 0.6 is 35.3 Å². The minimum absolute atomic E-state index is 0. The number of guanidine groups is 1. The highest BCUT2D eigenvalue weighted by molar-refractivity contribution is 14.0. The number of hydrogen-bond donors (Lipinski definition) is 1. The van der Waals surface area contributed by atoms with Crippen molar-refractivity contribution in [3.63, 3.8) is 0 Å². The Kier molecular flexibility index (Phi) is 11.5. The maximum Gasteiger partial charge on any atom is 0.193 e. The number of aromatic nitrogens is 1. The second kappa shape index (κ2) is 13.1. The molecule has 0 unspecified atom stereocenters. The van der Waals surface area contributed by atoms with Crippen LogP contribution in [-0.2, 0) is 17.7 Å². The molecule has 0 aliphatic heterocycles. The van der Waals surface area contributed by atoms with Gasteiger partial charge in [-0.1, -0.05) is 30.3 Å². The van der Waals surface area contributed by atoms with Crippen molar-refractivity contribution in [1.29, 1.82) is 0 Å². The number of ether oxygens (including phenoxy) is 1. The van der Waals surface area contributed by atoms with Crippen LogP contribution in [0.4, 0.5) is 0 Å². The molecule has 144 valence electrons. The van der Waals surface area contributed by atoms with E-state index in [1.165, 1.54) is 5.56 Å². The number of hydrogen-bond acceptors (Lipinski definition) is 4. The summed E-state index contributed by atoms with van der Waals surface area (Å²) < 4.78 is 5.71. The van der Waals surface area contributed by atoms with E-state index in [0.717, 1.165) is 55.8 Å². The van der Waals surface area contributed by atoms with E-state index < -0.39 is 0 Å². The van der Waals surface area contributed by atoms with Crippen molar-refractivity contribution in [2.75, 3.05) is 33.9 Å². The Morgan fingerprint density at radius 2 is 2.04 bits per heavy atom. The molecular weight excluding hydrogens is 459 g/mol. The predicted molar refractivity (Wildman–Crippen MR) is 121 cm³/mol. The number of halogens is 1. The summed E-state index contributed by atoms with van der Waals surface area (Å²) in [7, 11) is 3.84.